The Hall–Kier alpha value is -2.02. The average molecular weight is 387 g/mol. The zero-order valence-electron chi connectivity index (χ0n) is 15.6. The molecule has 0 bridgehead atoms. The molecule has 0 aromatic heterocycles. The van der Waals surface area contributed by atoms with Gasteiger partial charge in [-0.2, -0.15) is 0 Å². The maximum atomic E-state index is 11.4. The lowest BCUT2D eigenvalue weighted by molar-refractivity contribution is 0.00398. The number of carboxylic acid groups (broad SMARTS) is 1. The number of carbonyl (C=O) groups is 1. The van der Waals surface area contributed by atoms with E-state index in [1.54, 1.807) is 11.8 Å². The van der Waals surface area contributed by atoms with Crippen LogP contribution in [0.1, 0.15) is 11.1 Å². The van der Waals surface area contributed by atoms with Crippen molar-refractivity contribution in [1.82, 2.24) is 9.80 Å². The molecule has 1 atom stereocenters. The van der Waals surface area contributed by atoms with Crippen LogP contribution in [0, 0.1) is 0 Å². The normalized spacial score (nSPS) is 17.8. The highest BCUT2D eigenvalue weighted by Gasteiger charge is 2.29. The first-order chi connectivity index (χ1) is 13.2. The van der Waals surface area contributed by atoms with Crippen molar-refractivity contribution in [2.75, 3.05) is 32.5 Å². The Morgan fingerprint density at radius 3 is 2.52 bits per heavy atom. The molecule has 1 fully saturated rings. The Balaban J connectivity index is 1.58. The first kappa shape index (κ1) is 19.7. The number of ether oxygens (including phenoxy) is 1. The monoisotopic (exact) mass is 386 g/mol. The molecule has 2 aromatic rings. The molecule has 1 aliphatic heterocycles. The van der Waals surface area contributed by atoms with Crippen molar-refractivity contribution in [3.05, 3.63) is 65.7 Å². The molecule has 1 N–H and O–H groups in total. The predicted molar refractivity (Wildman–Crippen MR) is 108 cm³/mol. The Bertz CT molecular complexity index is 724. The fourth-order valence-corrected chi connectivity index (χ4v) is 3.69. The van der Waals surface area contributed by atoms with Crippen LogP contribution in [0.15, 0.2) is 59.5 Å². The summed E-state index contributed by atoms with van der Waals surface area (Å²) in [5.41, 5.74) is 2.37. The summed E-state index contributed by atoms with van der Waals surface area (Å²) in [6.45, 7) is 3.60. The topological polar surface area (TPSA) is 53.0 Å². The van der Waals surface area contributed by atoms with Crippen molar-refractivity contribution in [1.29, 1.82) is 0 Å². The number of hydrogen-bond donors (Lipinski definition) is 1. The first-order valence-electron chi connectivity index (χ1n) is 9.12. The third-order valence-electron chi connectivity index (χ3n) is 4.84. The Labute approximate surface area is 164 Å². The Morgan fingerprint density at radius 1 is 1.11 bits per heavy atom. The van der Waals surface area contributed by atoms with Crippen molar-refractivity contribution >= 4 is 17.9 Å². The lowest BCUT2D eigenvalue weighted by Crippen LogP contribution is -2.55. The van der Waals surface area contributed by atoms with E-state index in [1.807, 2.05) is 18.2 Å². The van der Waals surface area contributed by atoms with E-state index in [0.717, 1.165) is 18.7 Å². The van der Waals surface area contributed by atoms with Gasteiger partial charge in [0.05, 0.1) is 19.3 Å². The van der Waals surface area contributed by atoms with Gasteiger partial charge in [0.25, 0.3) is 0 Å². The summed E-state index contributed by atoms with van der Waals surface area (Å²) < 4.78 is 5.96. The van der Waals surface area contributed by atoms with Gasteiger partial charge in [-0.1, -0.05) is 42.5 Å². The lowest BCUT2D eigenvalue weighted by atomic mass is 10.1. The number of hydrogen-bond acceptors (Lipinski definition) is 4. The van der Waals surface area contributed by atoms with Crippen LogP contribution in [0.25, 0.3) is 0 Å². The quantitative estimate of drug-likeness (QED) is 0.734. The molecule has 27 heavy (non-hydrogen) atoms. The number of benzene rings is 2. The Kier molecular flexibility index (Phi) is 7.15. The molecule has 0 unspecified atom stereocenters. The molecule has 1 saturated heterocycles. The highest BCUT2D eigenvalue weighted by Crippen LogP contribution is 2.17. The molecule has 5 nitrogen and oxygen atoms in total. The minimum Gasteiger partial charge on any atom is -0.465 e. The van der Waals surface area contributed by atoms with Crippen molar-refractivity contribution < 1.29 is 14.6 Å². The van der Waals surface area contributed by atoms with Gasteiger partial charge in [0.2, 0.25) is 0 Å². The number of rotatable bonds is 7. The van der Waals surface area contributed by atoms with Crippen LogP contribution in [0.4, 0.5) is 4.79 Å². The largest absolute Gasteiger partial charge is 0.465 e. The van der Waals surface area contributed by atoms with Crippen LogP contribution in [0.3, 0.4) is 0 Å². The van der Waals surface area contributed by atoms with Gasteiger partial charge < -0.3 is 14.7 Å². The van der Waals surface area contributed by atoms with Crippen molar-refractivity contribution in [2.24, 2.45) is 0 Å². The van der Waals surface area contributed by atoms with E-state index in [2.05, 4.69) is 47.6 Å². The minimum atomic E-state index is -0.855. The lowest BCUT2D eigenvalue weighted by Gasteiger charge is -2.40. The van der Waals surface area contributed by atoms with Crippen molar-refractivity contribution in [3.63, 3.8) is 0 Å². The van der Waals surface area contributed by atoms with Gasteiger partial charge in [0.1, 0.15) is 0 Å². The molecule has 1 aliphatic rings. The molecule has 144 valence electrons. The number of nitrogens with zero attached hydrogens (tertiary/aromatic N) is 2. The van der Waals surface area contributed by atoms with Crippen LogP contribution in [-0.2, 0) is 17.9 Å². The van der Waals surface area contributed by atoms with Gasteiger partial charge in [0.15, 0.2) is 0 Å². The smallest absolute Gasteiger partial charge is 0.407 e. The summed E-state index contributed by atoms with van der Waals surface area (Å²) in [5, 5.41) is 9.35. The second-order valence-corrected chi connectivity index (χ2v) is 7.58. The average Bonchev–Trinajstić information content (AvgIpc) is 2.70. The SMILES string of the molecule is CSc1ccc(COC[C@@H]2CN(C(=O)O)CCN2Cc2ccccc2)cc1. The first-order valence-corrected chi connectivity index (χ1v) is 10.3. The fraction of sp³-hybridized carbons (Fsp3) is 0.381. The van der Waals surface area contributed by atoms with Gasteiger partial charge in [-0.15, -0.1) is 11.8 Å². The van der Waals surface area contributed by atoms with Crippen LogP contribution in [0.5, 0.6) is 0 Å². The van der Waals surface area contributed by atoms with Crippen LogP contribution < -0.4 is 0 Å². The van der Waals surface area contributed by atoms with Gasteiger partial charge in [-0.3, -0.25) is 4.90 Å². The zero-order valence-corrected chi connectivity index (χ0v) is 16.4. The molecule has 1 heterocycles. The molecule has 3 rings (SSSR count). The maximum Gasteiger partial charge on any atom is 0.407 e. The number of thioether (sulfide) groups is 1. The summed E-state index contributed by atoms with van der Waals surface area (Å²) in [6.07, 6.45) is 1.21. The second-order valence-electron chi connectivity index (χ2n) is 6.70. The van der Waals surface area contributed by atoms with Crippen molar-refractivity contribution in [3.8, 4) is 0 Å². The highest BCUT2D eigenvalue weighted by atomic mass is 32.2. The van der Waals surface area contributed by atoms with Crippen LogP contribution in [-0.4, -0.2) is 59.5 Å². The van der Waals surface area contributed by atoms with Gasteiger partial charge in [-0.25, -0.2) is 4.79 Å². The fourth-order valence-electron chi connectivity index (χ4n) is 3.29. The van der Waals surface area contributed by atoms with E-state index in [4.69, 9.17) is 4.74 Å². The third-order valence-corrected chi connectivity index (χ3v) is 5.59. The zero-order chi connectivity index (χ0) is 19.1. The molecule has 0 aliphatic carbocycles. The van der Waals surface area contributed by atoms with Gasteiger partial charge in [0, 0.05) is 31.1 Å². The van der Waals surface area contributed by atoms with E-state index in [-0.39, 0.29) is 6.04 Å². The maximum absolute atomic E-state index is 11.4. The molecule has 0 spiro atoms. The van der Waals surface area contributed by atoms with Crippen LogP contribution in [0.2, 0.25) is 0 Å². The third kappa shape index (κ3) is 5.73. The molecule has 0 saturated carbocycles. The summed E-state index contributed by atoms with van der Waals surface area (Å²) in [5.74, 6) is 0. The number of piperazine rings is 1. The summed E-state index contributed by atoms with van der Waals surface area (Å²) >= 11 is 1.72. The summed E-state index contributed by atoms with van der Waals surface area (Å²) in [7, 11) is 0. The van der Waals surface area contributed by atoms with Gasteiger partial charge in [-0.05, 0) is 29.5 Å². The minimum absolute atomic E-state index is 0.0560. The Morgan fingerprint density at radius 2 is 1.85 bits per heavy atom. The molecule has 1 amide bonds. The van der Waals surface area contributed by atoms with Crippen molar-refractivity contribution in [2.45, 2.75) is 24.1 Å². The van der Waals surface area contributed by atoms with E-state index < -0.39 is 6.09 Å². The van der Waals surface area contributed by atoms with E-state index in [0.29, 0.717) is 26.3 Å². The van der Waals surface area contributed by atoms with E-state index in [9.17, 15) is 9.90 Å². The summed E-state index contributed by atoms with van der Waals surface area (Å²) in [4.78, 5) is 16.4. The van der Waals surface area contributed by atoms with E-state index in [1.165, 1.54) is 15.4 Å². The van der Waals surface area contributed by atoms with E-state index >= 15 is 0 Å². The molecule has 0 radical (unpaired) electrons. The molecule has 2 aromatic carbocycles. The molecule has 6 heteroatoms. The highest BCUT2D eigenvalue weighted by molar-refractivity contribution is 7.98. The standard InChI is InChI=1S/C21H26N2O3S/c1-27-20-9-7-18(8-10-20)15-26-16-19-14-23(21(24)25)12-11-22(19)13-17-5-3-2-4-6-17/h2-10,19H,11-16H2,1H3,(H,24,25)/t19-/m0/s1. The van der Waals surface area contributed by atoms with Crippen LogP contribution >= 0.6 is 11.8 Å². The molecular weight excluding hydrogens is 360 g/mol. The predicted octanol–water partition coefficient (Wildman–Crippen LogP) is 3.79. The van der Waals surface area contributed by atoms with Gasteiger partial charge >= 0.3 is 6.09 Å². The molecular formula is C21H26N2O3S. The number of amides is 1. The second kappa shape index (κ2) is 9.78. The summed E-state index contributed by atoms with van der Waals surface area (Å²) in [6, 6.07) is 18.7.